The van der Waals surface area contributed by atoms with Crippen LogP contribution in [0.1, 0.15) is 71.6 Å². The van der Waals surface area contributed by atoms with E-state index in [1.807, 2.05) is 0 Å². The molecule has 0 aromatic carbocycles. The number of ether oxygens (including phenoxy) is 5. The Hall–Kier alpha value is -0.690. The van der Waals surface area contributed by atoms with Crippen LogP contribution in [-0.4, -0.2) is 50.6 Å². The van der Waals surface area contributed by atoms with Crippen molar-refractivity contribution in [1.82, 2.24) is 0 Å². The van der Waals surface area contributed by atoms with Gasteiger partial charge in [0, 0.05) is 37.0 Å². The molecule has 0 radical (unpaired) electrons. The second-order valence-electron chi connectivity index (χ2n) is 11.4. The lowest BCUT2D eigenvalue weighted by Crippen LogP contribution is -2.60. The summed E-state index contributed by atoms with van der Waals surface area (Å²) in [6.45, 7) is 7.43. The molecule has 0 unspecified atom stereocenters. The zero-order valence-corrected chi connectivity index (χ0v) is 19.2. The molecule has 0 aromatic rings. The normalized spacial score (nSPS) is 47.2. The molecule has 0 aromatic heterocycles. The Kier molecular flexibility index (Phi) is 4.82. The Morgan fingerprint density at radius 2 is 1.58 bits per heavy atom. The monoisotopic (exact) mass is 434 g/mol. The lowest BCUT2D eigenvalue weighted by Gasteiger charge is -2.62. The van der Waals surface area contributed by atoms with Crippen LogP contribution in [0.3, 0.4) is 0 Å². The molecule has 31 heavy (non-hydrogen) atoms. The van der Waals surface area contributed by atoms with Gasteiger partial charge in [-0.3, -0.25) is 4.79 Å². The third-order valence-electron chi connectivity index (χ3n) is 10.5. The van der Waals surface area contributed by atoms with Gasteiger partial charge in [-0.15, -0.1) is 0 Å². The summed E-state index contributed by atoms with van der Waals surface area (Å²) >= 11 is 0. The highest BCUT2D eigenvalue weighted by Crippen LogP contribution is 2.70. The Bertz CT molecular complexity index is 726. The summed E-state index contributed by atoms with van der Waals surface area (Å²) in [5.74, 6) is 1.50. The predicted octanol–water partition coefficient (Wildman–Crippen LogP) is 4.06. The fraction of sp³-hybridized carbons (Fsp3) is 0.960. The number of hydrogen-bond donors (Lipinski definition) is 0. The minimum absolute atomic E-state index is 0.0591. The van der Waals surface area contributed by atoms with Crippen molar-refractivity contribution in [2.24, 2.45) is 34.5 Å². The van der Waals surface area contributed by atoms with Crippen LogP contribution in [0, 0.1) is 34.5 Å². The first-order valence-corrected chi connectivity index (χ1v) is 12.6. The molecule has 0 amide bonds. The SMILES string of the molecule is CC(=O)OC[C@]12CCC3(C[C@@H]1CC[C@@H]1[C@@H]2CC[C@@]2(C)[C@H]1CCC21OCCO1)OCCO3. The largest absolute Gasteiger partial charge is 0.465 e. The number of rotatable bonds is 2. The first kappa shape index (κ1) is 20.9. The summed E-state index contributed by atoms with van der Waals surface area (Å²) in [5.41, 5.74) is 0.164. The molecule has 4 aliphatic carbocycles. The van der Waals surface area contributed by atoms with E-state index >= 15 is 0 Å². The molecular weight excluding hydrogens is 396 g/mol. The first-order valence-electron chi connectivity index (χ1n) is 12.6. The maximum absolute atomic E-state index is 11.9. The van der Waals surface area contributed by atoms with Gasteiger partial charge in [-0.25, -0.2) is 0 Å². The van der Waals surface area contributed by atoms with E-state index in [2.05, 4.69) is 6.92 Å². The van der Waals surface area contributed by atoms with Gasteiger partial charge in [-0.2, -0.15) is 0 Å². The Morgan fingerprint density at radius 3 is 2.32 bits per heavy atom. The molecule has 6 rings (SSSR count). The van der Waals surface area contributed by atoms with Gasteiger partial charge >= 0.3 is 5.97 Å². The summed E-state index contributed by atoms with van der Waals surface area (Å²) in [7, 11) is 0. The molecule has 174 valence electrons. The highest BCUT2D eigenvalue weighted by atomic mass is 16.7. The predicted molar refractivity (Wildman–Crippen MR) is 112 cm³/mol. The van der Waals surface area contributed by atoms with Crippen molar-refractivity contribution in [3.63, 3.8) is 0 Å². The molecule has 2 spiro atoms. The van der Waals surface area contributed by atoms with Crippen molar-refractivity contribution in [2.45, 2.75) is 83.2 Å². The van der Waals surface area contributed by atoms with Crippen LogP contribution in [0.2, 0.25) is 0 Å². The van der Waals surface area contributed by atoms with Crippen molar-refractivity contribution in [2.75, 3.05) is 33.0 Å². The third-order valence-corrected chi connectivity index (χ3v) is 10.5. The molecule has 6 heteroatoms. The molecule has 0 N–H and O–H groups in total. The van der Waals surface area contributed by atoms with E-state index in [-0.39, 0.29) is 28.4 Å². The summed E-state index contributed by atoms with van der Waals surface area (Å²) in [6, 6.07) is 0. The van der Waals surface area contributed by atoms with E-state index in [0.29, 0.717) is 43.5 Å². The molecule has 6 fully saturated rings. The molecule has 2 aliphatic heterocycles. The van der Waals surface area contributed by atoms with Gasteiger partial charge in [0.05, 0.1) is 33.0 Å². The van der Waals surface area contributed by atoms with Crippen LogP contribution in [0.25, 0.3) is 0 Å². The van der Waals surface area contributed by atoms with E-state index in [9.17, 15) is 4.79 Å². The number of hydrogen-bond acceptors (Lipinski definition) is 6. The molecule has 0 bridgehead atoms. The number of fused-ring (bicyclic) bond motifs is 6. The number of esters is 1. The van der Waals surface area contributed by atoms with Gasteiger partial charge < -0.3 is 23.7 Å². The number of carbonyl (C=O) groups is 1. The van der Waals surface area contributed by atoms with Gasteiger partial charge in [-0.05, 0) is 62.2 Å². The maximum Gasteiger partial charge on any atom is 0.302 e. The van der Waals surface area contributed by atoms with Gasteiger partial charge in [0.2, 0.25) is 0 Å². The molecular formula is C25H38O6. The van der Waals surface area contributed by atoms with Crippen molar-refractivity contribution < 1.29 is 28.5 Å². The van der Waals surface area contributed by atoms with Crippen molar-refractivity contribution >= 4 is 5.97 Å². The third kappa shape index (κ3) is 2.87. The molecule has 6 aliphatic rings. The van der Waals surface area contributed by atoms with Crippen LogP contribution < -0.4 is 0 Å². The topological polar surface area (TPSA) is 63.2 Å². The van der Waals surface area contributed by atoms with Crippen LogP contribution in [0.15, 0.2) is 0 Å². The highest BCUT2D eigenvalue weighted by molar-refractivity contribution is 5.65. The molecule has 6 nitrogen and oxygen atoms in total. The fourth-order valence-electron chi connectivity index (χ4n) is 9.16. The summed E-state index contributed by atoms with van der Waals surface area (Å²) in [5, 5.41) is 0. The fourth-order valence-corrected chi connectivity index (χ4v) is 9.16. The van der Waals surface area contributed by atoms with Gasteiger partial charge in [0.25, 0.3) is 0 Å². The summed E-state index contributed by atoms with van der Waals surface area (Å²) in [4.78, 5) is 11.9. The van der Waals surface area contributed by atoms with E-state index in [1.165, 1.54) is 25.7 Å². The van der Waals surface area contributed by atoms with Crippen molar-refractivity contribution in [3.8, 4) is 0 Å². The lowest BCUT2D eigenvalue weighted by atomic mass is 9.44. The smallest absolute Gasteiger partial charge is 0.302 e. The van der Waals surface area contributed by atoms with Crippen LogP contribution in [0.4, 0.5) is 0 Å². The molecule has 4 saturated carbocycles. The zero-order chi connectivity index (χ0) is 21.3. The molecule has 6 atom stereocenters. The van der Waals surface area contributed by atoms with E-state index in [4.69, 9.17) is 23.7 Å². The van der Waals surface area contributed by atoms with E-state index in [0.717, 1.165) is 45.3 Å². The van der Waals surface area contributed by atoms with Crippen molar-refractivity contribution in [3.05, 3.63) is 0 Å². The number of carbonyl (C=O) groups excluding carboxylic acids is 1. The minimum atomic E-state index is -0.386. The molecule has 2 heterocycles. The second kappa shape index (κ2) is 7.15. The van der Waals surface area contributed by atoms with Crippen LogP contribution in [0.5, 0.6) is 0 Å². The zero-order valence-electron chi connectivity index (χ0n) is 19.2. The highest BCUT2D eigenvalue weighted by Gasteiger charge is 2.68. The summed E-state index contributed by atoms with van der Waals surface area (Å²) < 4.78 is 30.7. The summed E-state index contributed by atoms with van der Waals surface area (Å²) in [6.07, 6.45) is 9.89. The first-order chi connectivity index (χ1) is 14.9. The van der Waals surface area contributed by atoms with Crippen molar-refractivity contribution in [1.29, 1.82) is 0 Å². The average molecular weight is 435 g/mol. The van der Waals surface area contributed by atoms with Crippen LogP contribution >= 0.6 is 0 Å². The molecule has 2 saturated heterocycles. The maximum atomic E-state index is 11.9. The lowest BCUT2D eigenvalue weighted by molar-refractivity contribution is -0.264. The van der Waals surface area contributed by atoms with E-state index in [1.54, 1.807) is 6.92 Å². The quantitative estimate of drug-likeness (QED) is 0.611. The van der Waals surface area contributed by atoms with Crippen LogP contribution in [-0.2, 0) is 28.5 Å². The Morgan fingerprint density at radius 1 is 0.871 bits per heavy atom. The minimum Gasteiger partial charge on any atom is -0.465 e. The van der Waals surface area contributed by atoms with Gasteiger partial charge in [0.15, 0.2) is 11.6 Å². The Labute approximate surface area is 185 Å². The second-order valence-corrected chi connectivity index (χ2v) is 11.4. The standard InChI is InChI=1S/C25H38O6/c1-17(26)27-16-23-9-10-24(28-11-12-29-24)15-18(23)3-4-19-20-6-8-25(30-13-14-31-25)22(20,2)7-5-21(19)23/h18-21H,3-16H2,1-2H3/t18-,19-,20-,21-,22-,23+/m0/s1. The van der Waals surface area contributed by atoms with Gasteiger partial charge in [0.1, 0.15) is 0 Å². The Balaban J connectivity index is 1.31. The average Bonchev–Trinajstić information content (AvgIpc) is 3.48. The van der Waals surface area contributed by atoms with E-state index < -0.39 is 0 Å². The van der Waals surface area contributed by atoms with Gasteiger partial charge in [-0.1, -0.05) is 6.92 Å².